The fourth-order valence-electron chi connectivity index (χ4n) is 1.29. The summed E-state index contributed by atoms with van der Waals surface area (Å²) >= 11 is 3.00. The summed E-state index contributed by atoms with van der Waals surface area (Å²) in [4.78, 5) is 0. The van der Waals surface area contributed by atoms with Crippen molar-refractivity contribution in [3.63, 3.8) is 0 Å². The van der Waals surface area contributed by atoms with Crippen LogP contribution in [0.4, 0.5) is 18.9 Å². The molecule has 1 aromatic rings. The number of anilines is 1. The van der Waals surface area contributed by atoms with Crippen molar-refractivity contribution in [1.29, 1.82) is 0 Å². The lowest BCUT2D eigenvalue weighted by molar-refractivity contribution is -0.274. The van der Waals surface area contributed by atoms with E-state index in [0.29, 0.717) is 12.2 Å². The molecular weight excluding hydrogens is 343 g/mol. The van der Waals surface area contributed by atoms with E-state index < -0.39 is 6.36 Å². The molecule has 1 unspecified atom stereocenters. The molecule has 5 nitrogen and oxygen atoms in total. The third kappa shape index (κ3) is 5.16. The number of hydrogen-bond donors (Lipinski definition) is 3. The van der Waals surface area contributed by atoms with Crippen LogP contribution in [0.15, 0.2) is 27.8 Å². The lowest BCUT2D eigenvalue weighted by Gasteiger charge is -2.14. The van der Waals surface area contributed by atoms with Crippen LogP contribution >= 0.6 is 15.9 Å². The average Bonchev–Trinajstić information content (AvgIpc) is 2.36. The highest BCUT2D eigenvalue weighted by Crippen LogP contribution is 2.32. The zero-order chi connectivity index (χ0) is 15.3. The van der Waals surface area contributed by atoms with Crippen molar-refractivity contribution in [2.75, 3.05) is 11.9 Å². The molecule has 0 saturated carbocycles. The predicted molar refractivity (Wildman–Crippen MR) is 71.9 cm³/mol. The molecule has 1 rings (SSSR count). The van der Waals surface area contributed by atoms with Crippen LogP contribution in [0.5, 0.6) is 5.75 Å². The van der Waals surface area contributed by atoms with Gasteiger partial charge in [-0.2, -0.15) is 0 Å². The van der Waals surface area contributed by atoms with Crippen LogP contribution in [-0.2, 0) is 0 Å². The summed E-state index contributed by atoms with van der Waals surface area (Å²) in [5.74, 6) is -0.494. The van der Waals surface area contributed by atoms with E-state index in [9.17, 15) is 13.2 Å². The minimum Gasteiger partial charge on any atom is -0.409 e. The lowest BCUT2D eigenvalue weighted by atomic mass is 10.1. The van der Waals surface area contributed by atoms with Crippen LogP contribution in [0, 0.1) is 5.92 Å². The van der Waals surface area contributed by atoms with Crippen LogP contribution in [0.25, 0.3) is 0 Å². The summed E-state index contributed by atoms with van der Waals surface area (Å²) in [5.41, 5.74) is 5.98. The van der Waals surface area contributed by atoms with Crippen molar-refractivity contribution in [3.05, 3.63) is 22.7 Å². The van der Waals surface area contributed by atoms with Gasteiger partial charge < -0.3 is 21.0 Å². The van der Waals surface area contributed by atoms with Gasteiger partial charge in [-0.15, -0.1) is 13.2 Å². The van der Waals surface area contributed by atoms with Crippen LogP contribution in [-0.4, -0.2) is 23.9 Å². The molecule has 0 bridgehead atoms. The Balaban J connectivity index is 2.68. The van der Waals surface area contributed by atoms with Gasteiger partial charge in [0, 0.05) is 18.2 Å². The molecule has 0 radical (unpaired) electrons. The zero-order valence-corrected chi connectivity index (χ0v) is 12.0. The predicted octanol–water partition coefficient (Wildman–Crippen LogP) is 3.14. The highest BCUT2D eigenvalue weighted by molar-refractivity contribution is 9.10. The van der Waals surface area contributed by atoms with E-state index in [1.165, 1.54) is 18.2 Å². The number of nitrogens with zero attached hydrogens (tertiary/aromatic N) is 1. The van der Waals surface area contributed by atoms with Gasteiger partial charge in [0.2, 0.25) is 0 Å². The topological polar surface area (TPSA) is 79.9 Å². The Morgan fingerprint density at radius 3 is 2.70 bits per heavy atom. The third-order valence-electron chi connectivity index (χ3n) is 2.39. The number of rotatable bonds is 5. The summed E-state index contributed by atoms with van der Waals surface area (Å²) < 4.78 is 40.3. The van der Waals surface area contributed by atoms with Crippen LogP contribution in [0.1, 0.15) is 6.92 Å². The molecule has 9 heteroatoms. The Kier molecular flexibility index (Phi) is 5.49. The molecule has 0 amide bonds. The van der Waals surface area contributed by atoms with Gasteiger partial charge in [0.15, 0.2) is 0 Å². The second kappa shape index (κ2) is 6.69. The van der Waals surface area contributed by atoms with Crippen molar-refractivity contribution in [1.82, 2.24) is 0 Å². The molecule has 0 aromatic heterocycles. The number of nitrogens with two attached hydrogens (primary N) is 1. The first-order chi connectivity index (χ1) is 9.23. The van der Waals surface area contributed by atoms with E-state index in [2.05, 4.69) is 31.1 Å². The molecule has 0 fully saturated rings. The Hall–Kier alpha value is -1.64. The van der Waals surface area contributed by atoms with Crippen LogP contribution < -0.4 is 15.8 Å². The van der Waals surface area contributed by atoms with Gasteiger partial charge in [-0.3, -0.25) is 0 Å². The Labute approximate surface area is 121 Å². The normalized spacial score (nSPS) is 13.9. The van der Waals surface area contributed by atoms with E-state index in [1.807, 2.05) is 0 Å². The van der Waals surface area contributed by atoms with E-state index in [1.54, 1.807) is 6.92 Å². The molecule has 0 aliphatic carbocycles. The SMILES string of the molecule is CC(CNc1ccc(OC(F)(F)F)c(Br)c1)/C(N)=N/O. The first kappa shape index (κ1) is 16.4. The Morgan fingerprint density at radius 2 is 2.20 bits per heavy atom. The van der Waals surface area contributed by atoms with E-state index in [0.717, 1.165) is 0 Å². The summed E-state index contributed by atoms with van der Waals surface area (Å²) in [7, 11) is 0. The standard InChI is InChI=1S/C11H13BrF3N3O2/c1-6(10(16)18-19)5-17-7-2-3-9(8(12)4-7)20-11(13,14)15/h2-4,6,17,19H,5H2,1H3,(H2,16,18). The van der Waals surface area contributed by atoms with Gasteiger partial charge in [-0.05, 0) is 34.1 Å². The summed E-state index contributed by atoms with van der Waals surface area (Å²) in [5, 5.41) is 14.3. The molecule has 20 heavy (non-hydrogen) atoms. The summed E-state index contributed by atoms with van der Waals surface area (Å²) in [6.07, 6.45) is -4.74. The molecular formula is C11H13BrF3N3O2. The van der Waals surface area contributed by atoms with E-state index >= 15 is 0 Å². The number of hydrogen-bond acceptors (Lipinski definition) is 4. The largest absolute Gasteiger partial charge is 0.573 e. The molecule has 112 valence electrons. The highest BCUT2D eigenvalue weighted by atomic mass is 79.9. The summed E-state index contributed by atoms with van der Waals surface area (Å²) in [6, 6.07) is 4.07. The van der Waals surface area contributed by atoms with Crippen molar-refractivity contribution >= 4 is 27.5 Å². The molecule has 1 atom stereocenters. The molecule has 0 spiro atoms. The number of halogens is 4. The molecule has 1 aromatic carbocycles. The maximum atomic E-state index is 12.1. The smallest absolute Gasteiger partial charge is 0.409 e. The lowest BCUT2D eigenvalue weighted by Crippen LogP contribution is -2.27. The van der Waals surface area contributed by atoms with Crippen molar-refractivity contribution in [3.8, 4) is 5.75 Å². The first-order valence-corrected chi connectivity index (χ1v) is 6.29. The molecule has 0 saturated heterocycles. The third-order valence-corrected chi connectivity index (χ3v) is 3.01. The van der Waals surface area contributed by atoms with Gasteiger partial charge in [0.05, 0.1) is 4.47 Å². The number of nitrogens with one attached hydrogen (secondary N) is 1. The molecule has 0 heterocycles. The Bertz CT molecular complexity index is 494. The maximum absolute atomic E-state index is 12.1. The van der Waals surface area contributed by atoms with Crippen molar-refractivity contribution in [2.24, 2.45) is 16.8 Å². The van der Waals surface area contributed by atoms with Gasteiger partial charge in [-0.25, -0.2) is 0 Å². The minimum absolute atomic E-state index is 0.0635. The second-order valence-corrected chi connectivity index (χ2v) is 4.85. The molecule has 0 aliphatic rings. The average molecular weight is 356 g/mol. The van der Waals surface area contributed by atoms with Crippen molar-refractivity contribution < 1.29 is 23.1 Å². The zero-order valence-electron chi connectivity index (χ0n) is 10.4. The number of amidine groups is 1. The fourth-order valence-corrected chi connectivity index (χ4v) is 1.75. The molecule has 4 N–H and O–H groups in total. The minimum atomic E-state index is -4.74. The number of benzene rings is 1. The Morgan fingerprint density at radius 1 is 1.55 bits per heavy atom. The highest BCUT2D eigenvalue weighted by Gasteiger charge is 2.31. The summed E-state index contributed by atoms with van der Waals surface area (Å²) in [6.45, 7) is 2.10. The monoisotopic (exact) mass is 355 g/mol. The van der Waals surface area contributed by atoms with E-state index in [-0.39, 0.29) is 22.0 Å². The number of ether oxygens (including phenoxy) is 1. The first-order valence-electron chi connectivity index (χ1n) is 5.49. The van der Waals surface area contributed by atoms with Gasteiger partial charge in [0.1, 0.15) is 11.6 Å². The van der Waals surface area contributed by atoms with Gasteiger partial charge >= 0.3 is 6.36 Å². The molecule has 0 aliphatic heterocycles. The number of oxime groups is 1. The number of alkyl halides is 3. The van der Waals surface area contributed by atoms with Crippen LogP contribution in [0.2, 0.25) is 0 Å². The second-order valence-electron chi connectivity index (χ2n) is 4.00. The maximum Gasteiger partial charge on any atom is 0.573 e. The van der Waals surface area contributed by atoms with Crippen LogP contribution in [0.3, 0.4) is 0 Å². The van der Waals surface area contributed by atoms with Gasteiger partial charge in [0.25, 0.3) is 0 Å². The quantitative estimate of drug-likeness (QED) is 0.328. The van der Waals surface area contributed by atoms with Gasteiger partial charge in [-0.1, -0.05) is 12.1 Å². The van der Waals surface area contributed by atoms with E-state index in [4.69, 9.17) is 10.9 Å². The van der Waals surface area contributed by atoms with Crippen molar-refractivity contribution in [2.45, 2.75) is 13.3 Å². The fraction of sp³-hybridized carbons (Fsp3) is 0.364.